The second-order valence-corrected chi connectivity index (χ2v) is 4.88. The van der Waals surface area contributed by atoms with Gasteiger partial charge in [0.15, 0.2) is 5.69 Å². The zero-order valence-electron chi connectivity index (χ0n) is 11.7. The van der Waals surface area contributed by atoms with E-state index in [0.717, 1.165) is 18.3 Å². The number of hydrogen-bond acceptors (Lipinski definition) is 2. The summed E-state index contributed by atoms with van der Waals surface area (Å²) in [6.07, 6.45) is -7.08. The van der Waals surface area contributed by atoms with E-state index in [9.17, 15) is 26.3 Å². The first kappa shape index (κ1) is 16.2. The highest BCUT2D eigenvalue weighted by Crippen LogP contribution is 2.30. The number of imidazole rings is 1. The van der Waals surface area contributed by atoms with Crippen molar-refractivity contribution in [3.8, 4) is 16.9 Å². The van der Waals surface area contributed by atoms with E-state index in [-0.39, 0.29) is 11.4 Å². The van der Waals surface area contributed by atoms with Crippen molar-refractivity contribution in [1.29, 1.82) is 0 Å². The van der Waals surface area contributed by atoms with Gasteiger partial charge in [-0.05, 0) is 35.4 Å². The quantitative estimate of drug-likeness (QED) is 0.616. The fraction of sp³-hybridized carbons (Fsp3) is 0.133. The first-order chi connectivity index (χ1) is 11.1. The van der Waals surface area contributed by atoms with Crippen LogP contribution in [0.1, 0.15) is 5.69 Å². The van der Waals surface area contributed by atoms with E-state index in [1.165, 1.54) is 34.9 Å². The van der Waals surface area contributed by atoms with E-state index in [0.29, 0.717) is 11.1 Å². The van der Waals surface area contributed by atoms with Crippen LogP contribution in [0, 0.1) is 0 Å². The molecule has 0 saturated carbocycles. The fourth-order valence-corrected chi connectivity index (χ4v) is 2.15. The van der Waals surface area contributed by atoms with Crippen LogP contribution in [-0.2, 0) is 6.18 Å². The van der Waals surface area contributed by atoms with Crippen LogP contribution >= 0.6 is 0 Å². The Bertz CT molecular complexity index is 864. The average Bonchev–Trinajstić information content (AvgIpc) is 2.89. The molecule has 2 aromatic heterocycles. The van der Waals surface area contributed by atoms with Gasteiger partial charge in [-0.3, -0.25) is 0 Å². The highest BCUT2D eigenvalue weighted by atomic mass is 19.4. The van der Waals surface area contributed by atoms with Crippen molar-refractivity contribution < 1.29 is 31.1 Å². The highest BCUT2D eigenvalue weighted by Gasteiger charge is 2.34. The van der Waals surface area contributed by atoms with Gasteiger partial charge in [-0.1, -0.05) is 12.1 Å². The Kier molecular flexibility index (Phi) is 3.66. The van der Waals surface area contributed by atoms with Crippen LogP contribution in [0.25, 0.3) is 16.8 Å². The number of ether oxygens (including phenoxy) is 1. The molecule has 0 bridgehead atoms. The molecule has 3 aromatic rings. The molecular formula is C15H8F6N2O. The predicted octanol–water partition coefficient (Wildman–Crippen LogP) is 4.92. The number of rotatable bonds is 2. The van der Waals surface area contributed by atoms with Gasteiger partial charge >= 0.3 is 12.5 Å². The van der Waals surface area contributed by atoms with Crippen LogP contribution in [0.2, 0.25) is 0 Å². The van der Waals surface area contributed by atoms with Crippen molar-refractivity contribution in [2.45, 2.75) is 12.5 Å². The normalized spacial score (nSPS) is 12.6. The van der Waals surface area contributed by atoms with Crippen molar-refractivity contribution >= 4 is 5.65 Å². The Balaban J connectivity index is 1.92. The molecule has 0 N–H and O–H groups in total. The summed E-state index contributed by atoms with van der Waals surface area (Å²) in [5.74, 6) is -0.380. The van der Waals surface area contributed by atoms with Crippen molar-refractivity contribution in [2.24, 2.45) is 0 Å². The molecule has 1 aromatic carbocycles. The molecule has 0 amide bonds. The fourth-order valence-electron chi connectivity index (χ4n) is 2.15. The third kappa shape index (κ3) is 3.44. The standard InChI is InChI=1S/C15H8F6N2O/c16-14(17,18)12-8-23-7-10(3-6-13(23)22-12)9-1-4-11(5-2-9)24-15(19,20)21/h1-8H. The monoisotopic (exact) mass is 346 g/mol. The Hall–Kier alpha value is -2.71. The lowest BCUT2D eigenvalue weighted by Gasteiger charge is -2.09. The molecule has 126 valence electrons. The number of benzene rings is 1. The second kappa shape index (κ2) is 5.43. The highest BCUT2D eigenvalue weighted by molar-refractivity contribution is 5.65. The van der Waals surface area contributed by atoms with Gasteiger partial charge in [-0.25, -0.2) is 4.98 Å². The zero-order chi connectivity index (χ0) is 17.5. The largest absolute Gasteiger partial charge is 0.573 e. The molecule has 3 nitrogen and oxygen atoms in total. The molecule has 2 heterocycles. The molecule has 0 fully saturated rings. The maximum Gasteiger partial charge on any atom is 0.573 e. The summed E-state index contributed by atoms with van der Waals surface area (Å²) >= 11 is 0. The van der Waals surface area contributed by atoms with Gasteiger partial charge in [0.2, 0.25) is 0 Å². The zero-order valence-corrected chi connectivity index (χ0v) is 11.7. The second-order valence-electron chi connectivity index (χ2n) is 4.88. The van der Waals surface area contributed by atoms with Crippen molar-refractivity contribution in [2.75, 3.05) is 0 Å². The molecule has 3 rings (SSSR count). The van der Waals surface area contributed by atoms with Crippen LogP contribution in [0.15, 0.2) is 48.8 Å². The van der Waals surface area contributed by atoms with Crippen LogP contribution in [0.3, 0.4) is 0 Å². The lowest BCUT2D eigenvalue weighted by Crippen LogP contribution is -2.16. The Labute approximate surface area is 131 Å². The Morgan fingerprint density at radius 3 is 2.00 bits per heavy atom. The van der Waals surface area contributed by atoms with Crippen molar-refractivity contribution in [3.63, 3.8) is 0 Å². The summed E-state index contributed by atoms with van der Waals surface area (Å²) in [7, 11) is 0. The number of hydrogen-bond donors (Lipinski definition) is 0. The minimum atomic E-state index is -4.79. The van der Waals surface area contributed by atoms with E-state index >= 15 is 0 Å². The third-order valence-corrected chi connectivity index (χ3v) is 3.16. The smallest absolute Gasteiger partial charge is 0.406 e. The Morgan fingerprint density at radius 2 is 1.42 bits per heavy atom. The maximum atomic E-state index is 12.6. The minimum absolute atomic E-state index is 0.114. The van der Waals surface area contributed by atoms with Crippen LogP contribution in [0.5, 0.6) is 5.75 Å². The van der Waals surface area contributed by atoms with Gasteiger partial charge in [0.05, 0.1) is 0 Å². The SMILES string of the molecule is FC(F)(F)Oc1ccc(-c2ccc3nc(C(F)(F)F)cn3c2)cc1. The molecule has 0 aliphatic carbocycles. The molecule has 9 heteroatoms. The maximum absolute atomic E-state index is 12.6. The minimum Gasteiger partial charge on any atom is -0.406 e. The molecule has 0 radical (unpaired) electrons. The molecule has 24 heavy (non-hydrogen) atoms. The van der Waals surface area contributed by atoms with Crippen molar-refractivity contribution in [3.05, 3.63) is 54.5 Å². The van der Waals surface area contributed by atoms with E-state index in [1.807, 2.05) is 0 Å². The lowest BCUT2D eigenvalue weighted by molar-refractivity contribution is -0.274. The molecule has 0 atom stereocenters. The number of fused-ring (bicyclic) bond motifs is 1. The summed E-state index contributed by atoms with van der Waals surface area (Å²) in [4.78, 5) is 3.47. The van der Waals surface area contributed by atoms with Gasteiger partial charge in [-0.15, -0.1) is 13.2 Å². The van der Waals surface area contributed by atoms with Gasteiger partial charge < -0.3 is 9.14 Å². The van der Waals surface area contributed by atoms with Gasteiger partial charge in [-0.2, -0.15) is 13.2 Å². The molecular weight excluding hydrogens is 338 g/mol. The Morgan fingerprint density at radius 1 is 0.792 bits per heavy atom. The number of nitrogens with zero attached hydrogens (tertiary/aromatic N) is 2. The summed E-state index contributed by atoms with van der Waals surface area (Å²) in [6.45, 7) is 0. The van der Waals surface area contributed by atoms with Crippen LogP contribution in [0.4, 0.5) is 26.3 Å². The molecule has 0 unspecified atom stereocenters. The number of aromatic nitrogens is 2. The van der Waals surface area contributed by atoms with E-state index in [4.69, 9.17) is 0 Å². The summed E-state index contributed by atoms with van der Waals surface area (Å²) in [6, 6.07) is 7.94. The van der Waals surface area contributed by atoms with Crippen molar-refractivity contribution in [1.82, 2.24) is 9.38 Å². The van der Waals surface area contributed by atoms with E-state index in [1.54, 1.807) is 0 Å². The van der Waals surface area contributed by atoms with Crippen LogP contribution < -0.4 is 4.74 Å². The van der Waals surface area contributed by atoms with E-state index < -0.39 is 18.2 Å². The number of halogens is 6. The third-order valence-electron chi connectivity index (χ3n) is 3.16. The first-order valence-electron chi connectivity index (χ1n) is 6.54. The summed E-state index contributed by atoms with van der Waals surface area (Å²) in [5, 5.41) is 0. The molecule has 0 saturated heterocycles. The van der Waals surface area contributed by atoms with Gasteiger partial charge in [0.25, 0.3) is 0 Å². The first-order valence-corrected chi connectivity index (χ1v) is 6.54. The average molecular weight is 346 g/mol. The number of alkyl halides is 6. The molecule has 0 aliphatic rings. The van der Waals surface area contributed by atoms with Crippen LogP contribution in [-0.4, -0.2) is 15.7 Å². The molecule has 0 aliphatic heterocycles. The summed E-state index contributed by atoms with van der Waals surface area (Å²) in [5.41, 5.74) is 0.137. The van der Waals surface area contributed by atoms with Gasteiger partial charge in [0, 0.05) is 12.4 Å². The van der Waals surface area contributed by atoms with Gasteiger partial charge in [0.1, 0.15) is 11.4 Å². The summed E-state index contributed by atoms with van der Waals surface area (Å²) < 4.78 is 79.3. The predicted molar refractivity (Wildman–Crippen MR) is 72.3 cm³/mol. The molecule has 0 spiro atoms. The number of pyridine rings is 1. The topological polar surface area (TPSA) is 26.5 Å². The lowest BCUT2D eigenvalue weighted by atomic mass is 10.1. The van der Waals surface area contributed by atoms with E-state index in [2.05, 4.69) is 9.72 Å².